The average Bonchev–Trinajstić information content (AvgIpc) is 2.75. The van der Waals surface area contributed by atoms with Crippen LogP contribution in [-0.4, -0.2) is 19.6 Å². The van der Waals surface area contributed by atoms with E-state index in [9.17, 15) is 18.0 Å². The quantitative estimate of drug-likeness (QED) is 0.474. The molecule has 0 atom stereocenters. The number of benzene rings is 3. The minimum absolute atomic E-state index is 0.111. The Morgan fingerprint density at radius 3 is 2.19 bits per heavy atom. The van der Waals surface area contributed by atoms with Gasteiger partial charge in [-0.05, 0) is 49.2 Å². The summed E-state index contributed by atoms with van der Waals surface area (Å²) in [6.45, 7) is 2.31. The summed E-state index contributed by atoms with van der Waals surface area (Å²) in [5, 5.41) is 0. The summed E-state index contributed by atoms with van der Waals surface area (Å²) in [6, 6.07) is 20.0. The van der Waals surface area contributed by atoms with E-state index in [0.717, 1.165) is 34.5 Å². The molecule has 0 heterocycles. The molecule has 31 heavy (non-hydrogen) atoms. The molecule has 0 saturated carbocycles. The lowest BCUT2D eigenvalue weighted by Gasteiger charge is -2.24. The van der Waals surface area contributed by atoms with E-state index in [-0.39, 0.29) is 12.3 Å². The number of anilines is 1. The van der Waals surface area contributed by atoms with Crippen molar-refractivity contribution in [3.05, 3.63) is 95.1 Å². The highest BCUT2D eigenvalue weighted by Gasteiger charge is 2.30. The van der Waals surface area contributed by atoms with Crippen LogP contribution in [0.4, 0.5) is 18.9 Å². The van der Waals surface area contributed by atoms with E-state index < -0.39 is 11.7 Å². The third-order valence-corrected chi connectivity index (χ3v) is 5.09. The second kappa shape index (κ2) is 9.69. The number of rotatable bonds is 7. The summed E-state index contributed by atoms with van der Waals surface area (Å²) in [7, 11) is 1.56. The molecule has 6 heteroatoms. The molecule has 3 rings (SSSR count). The summed E-state index contributed by atoms with van der Waals surface area (Å²) in [5.41, 5.74) is 2.65. The van der Waals surface area contributed by atoms with E-state index in [1.54, 1.807) is 18.1 Å². The monoisotopic (exact) mass is 427 g/mol. The van der Waals surface area contributed by atoms with Crippen LogP contribution in [0.1, 0.15) is 22.3 Å². The van der Waals surface area contributed by atoms with E-state index in [0.29, 0.717) is 18.7 Å². The zero-order chi connectivity index (χ0) is 22.4. The molecule has 0 N–H and O–H groups in total. The minimum atomic E-state index is -4.36. The van der Waals surface area contributed by atoms with Gasteiger partial charge in [0.05, 0.1) is 19.1 Å². The number of carbonyl (C=O) groups is 1. The number of para-hydroxylation sites is 1. The number of ether oxygens (including phenoxy) is 1. The fraction of sp³-hybridized carbons (Fsp3) is 0.240. The van der Waals surface area contributed by atoms with E-state index >= 15 is 0 Å². The van der Waals surface area contributed by atoms with E-state index in [2.05, 4.69) is 0 Å². The summed E-state index contributed by atoms with van der Waals surface area (Å²) >= 11 is 0. The molecule has 3 aromatic rings. The number of alkyl halides is 3. The van der Waals surface area contributed by atoms with Gasteiger partial charge in [0.25, 0.3) is 0 Å². The molecule has 0 aliphatic carbocycles. The van der Waals surface area contributed by atoms with E-state index in [4.69, 9.17) is 4.74 Å². The number of halogens is 3. The molecule has 0 fully saturated rings. The maximum Gasteiger partial charge on any atom is 0.416 e. The van der Waals surface area contributed by atoms with Crippen molar-refractivity contribution in [2.75, 3.05) is 18.6 Å². The van der Waals surface area contributed by atoms with Gasteiger partial charge in [0.2, 0.25) is 5.91 Å². The van der Waals surface area contributed by atoms with Crippen LogP contribution in [0.25, 0.3) is 0 Å². The van der Waals surface area contributed by atoms with Crippen molar-refractivity contribution >= 4 is 11.6 Å². The molecule has 3 nitrogen and oxygen atoms in total. The van der Waals surface area contributed by atoms with Gasteiger partial charge in [-0.1, -0.05) is 48.0 Å². The molecule has 3 aromatic carbocycles. The molecule has 0 radical (unpaired) electrons. The number of hydrogen-bond donors (Lipinski definition) is 0. The van der Waals surface area contributed by atoms with Gasteiger partial charge in [-0.2, -0.15) is 13.2 Å². The van der Waals surface area contributed by atoms with Crippen molar-refractivity contribution < 1.29 is 22.7 Å². The molecule has 0 aliphatic heterocycles. The largest absolute Gasteiger partial charge is 0.496 e. The Morgan fingerprint density at radius 2 is 1.58 bits per heavy atom. The lowest BCUT2D eigenvalue weighted by Crippen LogP contribution is -2.34. The summed E-state index contributed by atoms with van der Waals surface area (Å²) < 4.78 is 43.8. The molecule has 0 bridgehead atoms. The van der Waals surface area contributed by atoms with E-state index in [1.165, 1.54) is 12.1 Å². The van der Waals surface area contributed by atoms with Crippen LogP contribution in [0.3, 0.4) is 0 Å². The van der Waals surface area contributed by atoms with Crippen LogP contribution in [0, 0.1) is 6.92 Å². The Kier molecular flexibility index (Phi) is 7.00. The number of amides is 1. The maximum absolute atomic E-state index is 13.2. The standard InChI is InChI=1S/C25H24F3NO2/c1-18-7-13-22(14-8-18)29(24(30)17-20-5-3-4-6-23(20)31-2)16-15-19-9-11-21(12-10-19)25(26,27)28/h3-14H,15-17H2,1-2H3. The molecule has 0 unspecified atom stereocenters. The number of methoxy groups -OCH3 is 1. The van der Waals surface area contributed by atoms with Gasteiger partial charge < -0.3 is 9.64 Å². The van der Waals surface area contributed by atoms with Crippen molar-refractivity contribution in [1.82, 2.24) is 0 Å². The predicted octanol–water partition coefficient (Wildman–Crippen LogP) is 5.84. The van der Waals surface area contributed by atoms with E-state index in [1.807, 2.05) is 49.4 Å². The maximum atomic E-state index is 13.2. The molecule has 0 aromatic heterocycles. The first-order valence-electron chi connectivity index (χ1n) is 9.93. The lowest BCUT2D eigenvalue weighted by atomic mass is 10.1. The van der Waals surface area contributed by atoms with Crippen molar-refractivity contribution in [3.63, 3.8) is 0 Å². The van der Waals surface area contributed by atoms with Crippen molar-refractivity contribution in [2.24, 2.45) is 0 Å². The van der Waals surface area contributed by atoms with Gasteiger partial charge in [0, 0.05) is 17.8 Å². The second-order valence-corrected chi connectivity index (χ2v) is 7.31. The first kappa shape index (κ1) is 22.4. The van der Waals surface area contributed by atoms with Crippen LogP contribution < -0.4 is 9.64 Å². The molecule has 1 amide bonds. The van der Waals surface area contributed by atoms with Crippen LogP contribution in [0.5, 0.6) is 5.75 Å². The molecular weight excluding hydrogens is 403 g/mol. The molecule has 0 saturated heterocycles. The van der Waals surface area contributed by atoms with Gasteiger partial charge in [-0.3, -0.25) is 4.79 Å². The van der Waals surface area contributed by atoms with Gasteiger partial charge >= 0.3 is 6.18 Å². The van der Waals surface area contributed by atoms with Gasteiger partial charge in [-0.15, -0.1) is 0 Å². The first-order valence-corrected chi connectivity index (χ1v) is 9.93. The molecule has 162 valence electrons. The topological polar surface area (TPSA) is 29.5 Å². The van der Waals surface area contributed by atoms with Crippen molar-refractivity contribution in [2.45, 2.75) is 25.9 Å². The highest BCUT2D eigenvalue weighted by molar-refractivity contribution is 5.95. The van der Waals surface area contributed by atoms with Crippen molar-refractivity contribution in [1.29, 1.82) is 0 Å². The Bertz CT molecular complexity index is 1010. The minimum Gasteiger partial charge on any atom is -0.496 e. The Balaban J connectivity index is 1.79. The Hall–Kier alpha value is -3.28. The molecule has 0 aliphatic rings. The number of carbonyl (C=O) groups excluding carboxylic acids is 1. The Labute approximate surface area is 180 Å². The lowest BCUT2D eigenvalue weighted by molar-refractivity contribution is -0.137. The highest BCUT2D eigenvalue weighted by Crippen LogP contribution is 2.29. The normalized spacial score (nSPS) is 11.3. The van der Waals surface area contributed by atoms with Gasteiger partial charge in [0.15, 0.2) is 0 Å². The predicted molar refractivity (Wildman–Crippen MR) is 115 cm³/mol. The number of aryl methyl sites for hydroxylation is 1. The second-order valence-electron chi connectivity index (χ2n) is 7.31. The highest BCUT2D eigenvalue weighted by atomic mass is 19.4. The molecular formula is C25H24F3NO2. The summed E-state index contributed by atoms with van der Waals surface area (Å²) in [4.78, 5) is 14.9. The number of hydrogen-bond acceptors (Lipinski definition) is 2. The fourth-order valence-corrected chi connectivity index (χ4v) is 3.33. The van der Waals surface area contributed by atoms with Gasteiger partial charge in [0.1, 0.15) is 5.75 Å². The van der Waals surface area contributed by atoms with Crippen molar-refractivity contribution in [3.8, 4) is 5.75 Å². The smallest absolute Gasteiger partial charge is 0.416 e. The van der Waals surface area contributed by atoms with Gasteiger partial charge in [-0.25, -0.2) is 0 Å². The zero-order valence-corrected chi connectivity index (χ0v) is 17.4. The zero-order valence-electron chi connectivity index (χ0n) is 17.4. The molecule has 0 spiro atoms. The SMILES string of the molecule is COc1ccccc1CC(=O)N(CCc1ccc(C(F)(F)F)cc1)c1ccc(C)cc1. The third kappa shape index (κ3) is 5.87. The van der Waals surface area contributed by atoms with Crippen LogP contribution in [-0.2, 0) is 23.8 Å². The van der Waals surface area contributed by atoms with Crippen LogP contribution in [0.2, 0.25) is 0 Å². The summed E-state index contributed by atoms with van der Waals surface area (Å²) in [5.74, 6) is 0.530. The first-order chi connectivity index (χ1) is 14.8. The Morgan fingerprint density at radius 1 is 0.935 bits per heavy atom. The third-order valence-electron chi connectivity index (χ3n) is 5.09. The fourth-order valence-electron chi connectivity index (χ4n) is 3.33. The number of nitrogens with zero attached hydrogens (tertiary/aromatic N) is 1. The van der Waals surface area contributed by atoms with Crippen LogP contribution in [0.15, 0.2) is 72.8 Å². The van der Waals surface area contributed by atoms with Crippen LogP contribution >= 0.6 is 0 Å². The average molecular weight is 427 g/mol. The summed E-state index contributed by atoms with van der Waals surface area (Å²) in [6.07, 6.45) is -3.77.